The molecule has 0 aliphatic heterocycles. The quantitative estimate of drug-likeness (QED) is 0.622. The van der Waals surface area contributed by atoms with Crippen molar-refractivity contribution in [2.75, 3.05) is 0 Å². The number of carbonyl (C=O) groups is 1. The minimum absolute atomic E-state index is 0.208. The second-order valence-corrected chi connectivity index (χ2v) is 5.02. The Morgan fingerprint density at radius 2 is 1.85 bits per heavy atom. The van der Waals surface area contributed by atoms with Gasteiger partial charge in [0.2, 0.25) is 0 Å². The fourth-order valence-electron chi connectivity index (χ4n) is 1.73. The molecule has 104 valence electrons. The van der Waals surface area contributed by atoms with Gasteiger partial charge in [0, 0.05) is 18.2 Å². The third-order valence-corrected chi connectivity index (χ3v) is 3.15. The Kier molecular flexibility index (Phi) is 5.13. The highest BCUT2D eigenvalue weighted by atomic mass is 35.5. The summed E-state index contributed by atoms with van der Waals surface area (Å²) in [5, 5.41) is 0.430. The highest BCUT2D eigenvalue weighted by Gasteiger charge is 2.04. The summed E-state index contributed by atoms with van der Waals surface area (Å²) < 4.78 is 5.19. The second kappa shape index (κ2) is 7.06. The van der Waals surface area contributed by atoms with Gasteiger partial charge in [-0.15, -0.1) is 0 Å². The van der Waals surface area contributed by atoms with Gasteiger partial charge in [-0.3, -0.25) is 4.79 Å². The summed E-state index contributed by atoms with van der Waals surface area (Å²) in [4.78, 5) is 15.6. The number of aryl methyl sites for hydroxylation is 2. The Bertz CT molecular complexity index is 513. The number of rotatable bonds is 5. The minimum Gasteiger partial charge on any atom is -0.461 e. The highest BCUT2D eigenvalue weighted by Crippen LogP contribution is 2.09. The van der Waals surface area contributed by atoms with Crippen LogP contribution in [0, 0.1) is 6.92 Å². The van der Waals surface area contributed by atoms with E-state index >= 15 is 0 Å². The van der Waals surface area contributed by atoms with Crippen LogP contribution in [-0.2, 0) is 22.6 Å². The Morgan fingerprint density at radius 3 is 2.50 bits per heavy atom. The lowest BCUT2D eigenvalue weighted by Gasteiger charge is -2.05. The van der Waals surface area contributed by atoms with E-state index in [-0.39, 0.29) is 12.6 Å². The number of nitrogens with zero attached hydrogens (tertiary/aromatic N) is 1. The lowest BCUT2D eigenvalue weighted by molar-refractivity contribution is -0.144. The maximum Gasteiger partial charge on any atom is 0.306 e. The topological polar surface area (TPSA) is 39.2 Å². The van der Waals surface area contributed by atoms with Gasteiger partial charge in [0.25, 0.3) is 0 Å². The van der Waals surface area contributed by atoms with Crippen molar-refractivity contribution < 1.29 is 9.53 Å². The predicted molar refractivity (Wildman–Crippen MR) is 78.5 cm³/mol. The average Bonchev–Trinajstić information content (AvgIpc) is 2.46. The van der Waals surface area contributed by atoms with Crippen LogP contribution in [0.25, 0.3) is 0 Å². The lowest BCUT2D eigenvalue weighted by atomic mass is 10.1. The van der Waals surface area contributed by atoms with Gasteiger partial charge >= 0.3 is 5.97 Å². The maximum absolute atomic E-state index is 11.7. The molecule has 0 amide bonds. The zero-order chi connectivity index (χ0) is 14.4. The largest absolute Gasteiger partial charge is 0.461 e. The summed E-state index contributed by atoms with van der Waals surface area (Å²) >= 11 is 5.68. The third-order valence-electron chi connectivity index (χ3n) is 2.93. The summed E-state index contributed by atoms with van der Waals surface area (Å²) in [5.74, 6) is -0.208. The fraction of sp³-hybridized carbons (Fsp3) is 0.250. The summed E-state index contributed by atoms with van der Waals surface area (Å²) in [6.45, 7) is 2.27. The molecule has 2 aromatic rings. The van der Waals surface area contributed by atoms with Crippen LogP contribution >= 0.6 is 11.6 Å². The molecule has 0 bridgehead atoms. The van der Waals surface area contributed by atoms with Crippen LogP contribution in [0.2, 0.25) is 5.15 Å². The van der Waals surface area contributed by atoms with E-state index in [2.05, 4.69) is 4.98 Å². The molecule has 0 spiro atoms. The van der Waals surface area contributed by atoms with Gasteiger partial charge in [-0.2, -0.15) is 0 Å². The van der Waals surface area contributed by atoms with Crippen molar-refractivity contribution in [3.63, 3.8) is 0 Å². The van der Waals surface area contributed by atoms with Crippen LogP contribution in [0.4, 0.5) is 0 Å². The first-order chi connectivity index (χ1) is 9.63. The number of esters is 1. The molecule has 0 atom stereocenters. The number of benzene rings is 1. The van der Waals surface area contributed by atoms with E-state index in [1.807, 2.05) is 31.2 Å². The van der Waals surface area contributed by atoms with Crippen LogP contribution in [0.5, 0.6) is 0 Å². The smallest absolute Gasteiger partial charge is 0.306 e. The van der Waals surface area contributed by atoms with Gasteiger partial charge in [-0.1, -0.05) is 47.5 Å². The van der Waals surface area contributed by atoms with Gasteiger partial charge in [-0.25, -0.2) is 4.98 Å². The third kappa shape index (κ3) is 4.67. The first-order valence-corrected chi connectivity index (χ1v) is 6.83. The molecule has 0 aliphatic rings. The van der Waals surface area contributed by atoms with Gasteiger partial charge in [-0.05, 0) is 25.0 Å². The van der Waals surface area contributed by atoms with E-state index in [0.29, 0.717) is 18.0 Å². The van der Waals surface area contributed by atoms with Crippen molar-refractivity contribution in [2.24, 2.45) is 0 Å². The Balaban J connectivity index is 1.75. The Morgan fingerprint density at radius 1 is 1.15 bits per heavy atom. The van der Waals surface area contributed by atoms with Crippen molar-refractivity contribution in [1.82, 2.24) is 4.98 Å². The molecule has 0 fully saturated rings. The summed E-state index contributed by atoms with van der Waals surface area (Å²) in [5.41, 5.74) is 3.19. The van der Waals surface area contributed by atoms with E-state index in [1.165, 1.54) is 5.56 Å². The minimum atomic E-state index is -0.208. The van der Waals surface area contributed by atoms with E-state index in [4.69, 9.17) is 16.3 Å². The summed E-state index contributed by atoms with van der Waals surface area (Å²) in [6, 6.07) is 11.6. The molecule has 0 aliphatic carbocycles. The molecule has 1 heterocycles. The number of ether oxygens (including phenoxy) is 1. The molecule has 4 heteroatoms. The van der Waals surface area contributed by atoms with Crippen molar-refractivity contribution in [2.45, 2.75) is 26.4 Å². The molecule has 0 saturated heterocycles. The first kappa shape index (κ1) is 14.5. The molecular weight excluding hydrogens is 274 g/mol. The summed E-state index contributed by atoms with van der Waals surface area (Å²) in [6.07, 6.45) is 2.68. The van der Waals surface area contributed by atoms with E-state index in [9.17, 15) is 4.79 Å². The zero-order valence-corrected chi connectivity index (χ0v) is 12.1. The summed E-state index contributed by atoms with van der Waals surface area (Å²) in [7, 11) is 0. The zero-order valence-electron chi connectivity index (χ0n) is 11.3. The number of pyridine rings is 1. The normalized spacial score (nSPS) is 10.3. The fourth-order valence-corrected chi connectivity index (χ4v) is 1.84. The molecular formula is C16H16ClNO2. The number of carbonyl (C=O) groups excluding carboxylic acids is 1. The number of halogens is 1. The molecule has 3 nitrogen and oxygen atoms in total. The van der Waals surface area contributed by atoms with Crippen molar-refractivity contribution in [3.8, 4) is 0 Å². The lowest BCUT2D eigenvalue weighted by Crippen LogP contribution is -2.06. The predicted octanol–water partition coefficient (Wildman–Crippen LogP) is 3.72. The van der Waals surface area contributed by atoms with Crippen molar-refractivity contribution in [1.29, 1.82) is 0 Å². The number of hydrogen-bond acceptors (Lipinski definition) is 3. The molecule has 0 saturated carbocycles. The molecule has 2 rings (SSSR count). The van der Waals surface area contributed by atoms with Crippen molar-refractivity contribution in [3.05, 3.63) is 64.4 Å². The Hall–Kier alpha value is -1.87. The van der Waals surface area contributed by atoms with Gasteiger partial charge in [0.1, 0.15) is 11.8 Å². The number of aromatic nitrogens is 1. The monoisotopic (exact) mass is 289 g/mol. The highest BCUT2D eigenvalue weighted by molar-refractivity contribution is 6.29. The average molecular weight is 290 g/mol. The van der Waals surface area contributed by atoms with Crippen LogP contribution in [-0.4, -0.2) is 11.0 Å². The standard InChI is InChI=1S/C16H16ClNO2/c1-12-2-4-13(5-3-12)7-9-16(19)20-11-14-6-8-15(17)18-10-14/h2-6,8,10H,7,9,11H2,1H3. The van der Waals surface area contributed by atoms with Crippen molar-refractivity contribution >= 4 is 17.6 Å². The van der Waals surface area contributed by atoms with Gasteiger partial charge < -0.3 is 4.74 Å². The van der Waals surface area contributed by atoms with Crippen LogP contribution in [0.3, 0.4) is 0 Å². The molecule has 0 radical (unpaired) electrons. The molecule has 20 heavy (non-hydrogen) atoms. The molecule has 0 N–H and O–H groups in total. The van der Waals surface area contributed by atoms with Crippen LogP contribution in [0.15, 0.2) is 42.6 Å². The van der Waals surface area contributed by atoms with E-state index in [0.717, 1.165) is 11.1 Å². The van der Waals surface area contributed by atoms with E-state index in [1.54, 1.807) is 18.3 Å². The second-order valence-electron chi connectivity index (χ2n) is 4.64. The molecule has 0 unspecified atom stereocenters. The molecule has 1 aromatic carbocycles. The SMILES string of the molecule is Cc1ccc(CCC(=O)OCc2ccc(Cl)nc2)cc1. The van der Waals surface area contributed by atoms with Crippen LogP contribution < -0.4 is 0 Å². The molecule has 1 aromatic heterocycles. The van der Waals surface area contributed by atoms with Gasteiger partial charge in [0.05, 0.1) is 0 Å². The van der Waals surface area contributed by atoms with Crippen LogP contribution in [0.1, 0.15) is 23.1 Å². The van der Waals surface area contributed by atoms with E-state index < -0.39 is 0 Å². The van der Waals surface area contributed by atoms with Gasteiger partial charge in [0.15, 0.2) is 0 Å². The maximum atomic E-state index is 11.7. The number of hydrogen-bond donors (Lipinski definition) is 0. The Labute approximate surface area is 123 Å². The first-order valence-electron chi connectivity index (χ1n) is 6.45.